The molecule has 0 aliphatic rings. The second-order valence-corrected chi connectivity index (χ2v) is 3.51. The molecule has 1 atom stereocenters. The Morgan fingerprint density at radius 2 is 1.91 bits per heavy atom. The Balaban J connectivity index is 2.90. The molecule has 0 saturated heterocycles. The standard InChI is InChI=1S/C8H9AsO2/c1-11-8(10)6-2-4-7(9)5-3-6/h2-5H,9H2,1H3. The van der Waals surface area contributed by atoms with Gasteiger partial charge in [-0.15, -0.1) is 0 Å². The molecule has 0 N–H and O–H groups in total. The van der Waals surface area contributed by atoms with Crippen molar-refractivity contribution in [2.24, 2.45) is 0 Å². The summed E-state index contributed by atoms with van der Waals surface area (Å²) < 4.78 is 5.74. The van der Waals surface area contributed by atoms with Gasteiger partial charge in [-0.1, -0.05) is 0 Å². The molecule has 11 heavy (non-hydrogen) atoms. The third kappa shape index (κ3) is 2.09. The third-order valence-electron chi connectivity index (χ3n) is 1.33. The van der Waals surface area contributed by atoms with Gasteiger partial charge in [0.1, 0.15) is 0 Å². The molecule has 0 heterocycles. The van der Waals surface area contributed by atoms with Crippen LogP contribution in [0.3, 0.4) is 0 Å². The van der Waals surface area contributed by atoms with Crippen LogP contribution in [0.1, 0.15) is 10.4 Å². The first-order valence-electron chi connectivity index (χ1n) is 3.18. The molecule has 58 valence electrons. The van der Waals surface area contributed by atoms with Crippen LogP contribution in [-0.2, 0) is 4.74 Å². The van der Waals surface area contributed by atoms with Gasteiger partial charge in [0.25, 0.3) is 0 Å². The van der Waals surface area contributed by atoms with Crippen LogP contribution >= 0.6 is 0 Å². The van der Waals surface area contributed by atoms with Gasteiger partial charge in [0.2, 0.25) is 0 Å². The Hall–Kier alpha value is -0.752. The second kappa shape index (κ2) is 3.58. The molecule has 0 aliphatic carbocycles. The van der Waals surface area contributed by atoms with Crippen LogP contribution in [0.25, 0.3) is 0 Å². The van der Waals surface area contributed by atoms with Crippen molar-refractivity contribution >= 4 is 27.2 Å². The van der Waals surface area contributed by atoms with Crippen LogP contribution in [0.5, 0.6) is 0 Å². The third-order valence-corrected chi connectivity index (χ3v) is 2.14. The van der Waals surface area contributed by atoms with E-state index in [-0.39, 0.29) is 5.97 Å². The number of rotatable bonds is 1. The van der Waals surface area contributed by atoms with Crippen molar-refractivity contribution in [3.63, 3.8) is 0 Å². The summed E-state index contributed by atoms with van der Waals surface area (Å²) in [7, 11) is 1.38. The molecule has 3 heteroatoms. The number of esters is 1. The van der Waals surface area contributed by atoms with Crippen molar-refractivity contribution in [3.8, 4) is 0 Å². The fourth-order valence-corrected chi connectivity index (χ4v) is 1.14. The van der Waals surface area contributed by atoms with Gasteiger partial charge < -0.3 is 0 Å². The summed E-state index contributed by atoms with van der Waals surface area (Å²) in [6.45, 7) is 0. The number of hydrogen-bond donors (Lipinski definition) is 0. The molecular formula is C8H9AsO2. The van der Waals surface area contributed by atoms with Crippen molar-refractivity contribution in [3.05, 3.63) is 29.8 Å². The summed E-state index contributed by atoms with van der Waals surface area (Å²) in [5, 5.41) is 0. The van der Waals surface area contributed by atoms with E-state index in [0.717, 1.165) is 0 Å². The topological polar surface area (TPSA) is 26.3 Å². The van der Waals surface area contributed by atoms with Crippen LogP contribution in [0.15, 0.2) is 24.3 Å². The molecule has 0 aromatic heterocycles. The molecular weight excluding hydrogens is 203 g/mol. The molecule has 0 radical (unpaired) electrons. The maximum absolute atomic E-state index is 10.9. The second-order valence-electron chi connectivity index (χ2n) is 2.11. The van der Waals surface area contributed by atoms with E-state index in [9.17, 15) is 4.79 Å². The van der Waals surface area contributed by atoms with Crippen LogP contribution < -0.4 is 4.35 Å². The van der Waals surface area contributed by atoms with E-state index < -0.39 is 0 Å². The van der Waals surface area contributed by atoms with Crippen LogP contribution in [0.4, 0.5) is 0 Å². The quantitative estimate of drug-likeness (QED) is 0.473. The minimum atomic E-state index is -0.280. The number of methoxy groups -OCH3 is 1. The molecule has 2 nitrogen and oxygen atoms in total. The van der Waals surface area contributed by atoms with Gasteiger partial charge in [0.05, 0.1) is 0 Å². The summed E-state index contributed by atoms with van der Waals surface area (Å²) in [6, 6.07) is 7.35. The van der Waals surface area contributed by atoms with Crippen molar-refractivity contribution in [1.29, 1.82) is 0 Å². The van der Waals surface area contributed by atoms with Crippen molar-refractivity contribution in [1.82, 2.24) is 0 Å². The SMILES string of the molecule is COC(=O)c1ccc([AsH2])cc1. The Morgan fingerprint density at radius 3 is 2.36 bits per heavy atom. The fourth-order valence-electron chi connectivity index (χ4n) is 0.737. The number of ether oxygens (including phenoxy) is 1. The van der Waals surface area contributed by atoms with Crippen molar-refractivity contribution in [2.45, 2.75) is 0 Å². The number of benzene rings is 1. The zero-order chi connectivity index (χ0) is 8.27. The summed E-state index contributed by atoms with van der Waals surface area (Å²) in [5.41, 5.74) is 0.605. The van der Waals surface area contributed by atoms with E-state index in [1.165, 1.54) is 11.5 Å². The van der Waals surface area contributed by atoms with E-state index in [4.69, 9.17) is 0 Å². The first kappa shape index (κ1) is 8.35. The molecule has 0 bridgehead atoms. The normalized spacial score (nSPS) is 9.27. The van der Waals surface area contributed by atoms with Crippen LogP contribution in [0, 0.1) is 0 Å². The molecule has 1 aromatic rings. The Labute approximate surface area is 74.1 Å². The summed E-state index contributed by atoms with van der Waals surface area (Å²) >= 11 is 1.54. The molecule has 0 aliphatic heterocycles. The van der Waals surface area contributed by atoms with Gasteiger partial charge >= 0.3 is 73.6 Å². The maximum atomic E-state index is 10.9. The fraction of sp³-hybridized carbons (Fsp3) is 0.125. The molecule has 0 fully saturated rings. The summed E-state index contributed by atoms with van der Waals surface area (Å²) in [5.74, 6) is -0.280. The molecule has 1 aromatic carbocycles. The molecule has 1 unspecified atom stereocenters. The average molecular weight is 212 g/mol. The molecule has 0 amide bonds. The zero-order valence-corrected chi connectivity index (χ0v) is 8.63. The van der Waals surface area contributed by atoms with E-state index in [0.29, 0.717) is 5.56 Å². The molecule has 0 spiro atoms. The van der Waals surface area contributed by atoms with Gasteiger partial charge in [-0.05, 0) is 0 Å². The Kier molecular flexibility index (Phi) is 2.72. The summed E-state index contributed by atoms with van der Waals surface area (Å²) in [4.78, 5) is 10.9. The van der Waals surface area contributed by atoms with E-state index in [1.807, 2.05) is 12.1 Å². The zero-order valence-electron chi connectivity index (χ0n) is 6.20. The van der Waals surface area contributed by atoms with Crippen LogP contribution in [0.2, 0.25) is 0 Å². The molecule has 0 saturated carbocycles. The van der Waals surface area contributed by atoms with Crippen molar-refractivity contribution in [2.75, 3.05) is 7.11 Å². The minimum absolute atomic E-state index is 0.280. The first-order valence-corrected chi connectivity index (χ1v) is 4.39. The number of carbonyl (C=O) groups is 1. The van der Waals surface area contributed by atoms with E-state index >= 15 is 0 Å². The number of carbonyl (C=O) groups excluding carboxylic acids is 1. The van der Waals surface area contributed by atoms with E-state index in [2.05, 4.69) is 4.74 Å². The monoisotopic (exact) mass is 212 g/mol. The molecule has 1 rings (SSSR count). The Bertz CT molecular complexity index is 253. The first-order chi connectivity index (χ1) is 5.24. The van der Waals surface area contributed by atoms with Gasteiger partial charge in [-0.25, -0.2) is 0 Å². The van der Waals surface area contributed by atoms with Gasteiger partial charge in [0, 0.05) is 0 Å². The Morgan fingerprint density at radius 1 is 1.36 bits per heavy atom. The van der Waals surface area contributed by atoms with E-state index in [1.54, 1.807) is 29.0 Å². The summed E-state index contributed by atoms with van der Waals surface area (Å²) in [6.07, 6.45) is 0. The average Bonchev–Trinajstić information content (AvgIpc) is 2.05. The predicted octanol–water partition coefficient (Wildman–Crippen LogP) is -0.268. The van der Waals surface area contributed by atoms with Gasteiger partial charge in [-0.2, -0.15) is 0 Å². The number of hydrogen-bond acceptors (Lipinski definition) is 2. The van der Waals surface area contributed by atoms with Crippen LogP contribution in [-0.4, -0.2) is 29.9 Å². The van der Waals surface area contributed by atoms with Gasteiger partial charge in [0.15, 0.2) is 0 Å². The van der Waals surface area contributed by atoms with Crippen molar-refractivity contribution < 1.29 is 9.53 Å². The van der Waals surface area contributed by atoms with Gasteiger partial charge in [-0.3, -0.25) is 0 Å². The predicted molar refractivity (Wildman–Crippen MR) is 46.0 cm³/mol.